The second-order valence-corrected chi connectivity index (χ2v) is 6.71. The van der Waals surface area contributed by atoms with Gasteiger partial charge in [0.1, 0.15) is 11.4 Å². The van der Waals surface area contributed by atoms with E-state index in [4.69, 9.17) is 4.74 Å². The average molecular weight is 407 g/mol. The minimum Gasteiger partial charge on any atom is -0.507 e. The van der Waals surface area contributed by atoms with Crippen LogP contribution in [0.1, 0.15) is 32.4 Å². The Bertz CT molecular complexity index is 553. The molecule has 21 heavy (non-hydrogen) atoms. The molecule has 2 N–H and O–H groups in total. The lowest BCUT2D eigenvalue weighted by molar-refractivity contribution is -0.142. The summed E-state index contributed by atoms with van der Waals surface area (Å²) in [5.41, 5.74) is -0.323. The molecule has 0 aromatic heterocycles. The van der Waals surface area contributed by atoms with E-state index >= 15 is 0 Å². The minimum absolute atomic E-state index is 0.0587. The highest BCUT2D eigenvalue weighted by Crippen LogP contribution is 2.27. The van der Waals surface area contributed by atoms with Gasteiger partial charge in [0.25, 0.3) is 0 Å². The first kappa shape index (κ1) is 17.5. The van der Waals surface area contributed by atoms with E-state index in [0.717, 1.165) is 4.90 Å². The lowest BCUT2D eigenvalue weighted by Crippen LogP contribution is -2.39. The van der Waals surface area contributed by atoms with Crippen molar-refractivity contribution in [1.29, 1.82) is 0 Å². The van der Waals surface area contributed by atoms with E-state index in [1.807, 2.05) is 22.6 Å². The summed E-state index contributed by atoms with van der Waals surface area (Å²) in [6.45, 7) is 5.12. The Labute approximate surface area is 136 Å². The maximum absolute atomic E-state index is 12.0. The highest BCUT2D eigenvalue weighted by atomic mass is 127. The van der Waals surface area contributed by atoms with Crippen molar-refractivity contribution in [1.82, 2.24) is 4.90 Å². The van der Waals surface area contributed by atoms with E-state index in [2.05, 4.69) is 0 Å². The first-order chi connectivity index (χ1) is 9.53. The fraction of sp³-hybridized carbons (Fsp3) is 0.429. The Balaban J connectivity index is 3.09. The predicted octanol–water partition coefficient (Wildman–Crippen LogP) is 2.99. The van der Waals surface area contributed by atoms with Crippen LogP contribution >= 0.6 is 22.6 Å². The molecular weight excluding hydrogens is 389 g/mol. The first-order valence-electron chi connectivity index (χ1n) is 6.20. The number of hydrogen-bond acceptors (Lipinski definition) is 4. The zero-order valence-corrected chi connectivity index (χ0v) is 14.4. The standard InChI is InChI=1S/C14H18INO5/c1-14(2,3)21-13(20)16(4)11(12(18)19)8-5-6-10(17)9(15)7-8/h5-7,11,17H,1-4H3,(H,18,19). The van der Waals surface area contributed by atoms with E-state index in [1.165, 1.54) is 25.2 Å². The highest BCUT2D eigenvalue weighted by molar-refractivity contribution is 14.1. The summed E-state index contributed by atoms with van der Waals surface area (Å²) >= 11 is 1.89. The summed E-state index contributed by atoms with van der Waals surface area (Å²) in [6.07, 6.45) is -0.724. The number of likely N-dealkylation sites (N-methyl/N-ethyl adjacent to an activating group) is 1. The van der Waals surface area contributed by atoms with Gasteiger partial charge in [0, 0.05) is 7.05 Å². The molecule has 0 saturated heterocycles. The molecule has 1 atom stereocenters. The van der Waals surface area contributed by atoms with E-state index in [0.29, 0.717) is 9.13 Å². The highest BCUT2D eigenvalue weighted by Gasteiger charge is 2.31. The Morgan fingerprint density at radius 3 is 2.33 bits per heavy atom. The van der Waals surface area contributed by atoms with Gasteiger partial charge in [0.15, 0.2) is 6.04 Å². The van der Waals surface area contributed by atoms with E-state index in [9.17, 15) is 19.8 Å². The summed E-state index contributed by atoms with van der Waals surface area (Å²) in [6, 6.07) is 3.21. The second kappa shape index (κ2) is 6.50. The fourth-order valence-corrected chi connectivity index (χ4v) is 2.20. The van der Waals surface area contributed by atoms with Gasteiger partial charge >= 0.3 is 12.1 Å². The van der Waals surface area contributed by atoms with Gasteiger partial charge in [0.05, 0.1) is 3.57 Å². The van der Waals surface area contributed by atoms with Gasteiger partial charge in [-0.25, -0.2) is 9.59 Å². The number of benzene rings is 1. The molecule has 1 amide bonds. The third-order valence-electron chi connectivity index (χ3n) is 2.59. The monoisotopic (exact) mass is 407 g/mol. The van der Waals surface area contributed by atoms with Gasteiger partial charge in [-0.2, -0.15) is 0 Å². The van der Waals surface area contributed by atoms with Crippen LogP contribution in [0.4, 0.5) is 4.79 Å². The van der Waals surface area contributed by atoms with Crippen molar-refractivity contribution >= 4 is 34.7 Å². The Hall–Kier alpha value is -1.51. The zero-order chi connectivity index (χ0) is 16.4. The summed E-state index contributed by atoms with van der Waals surface area (Å²) in [5.74, 6) is -1.12. The summed E-state index contributed by atoms with van der Waals surface area (Å²) in [4.78, 5) is 24.5. The minimum atomic E-state index is -1.19. The van der Waals surface area contributed by atoms with Crippen molar-refractivity contribution in [3.8, 4) is 5.75 Å². The number of phenols is 1. The number of hydrogen-bond donors (Lipinski definition) is 2. The number of phenolic OH excluding ortho intramolecular Hbond substituents is 1. The van der Waals surface area contributed by atoms with E-state index < -0.39 is 23.7 Å². The number of amides is 1. The average Bonchev–Trinajstić information content (AvgIpc) is 2.31. The summed E-state index contributed by atoms with van der Waals surface area (Å²) in [5, 5.41) is 18.9. The maximum Gasteiger partial charge on any atom is 0.411 e. The lowest BCUT2D eigenvalue weighted by Gasteiger charge is -2.28. The number of rotatable bonds is 3. The molecule has 1 aromatic carbocycles. The van der Waals surface area contributed by atoms with Crippen molar-refractivity contribution in [3.63, 3.8) is 0 Å². The second-order valence-electron chi connectivity index (χ2n) is 5.54. The molecule has 1 unspecified atom stereocenters. The molecule has 1 aromatic rings. The van der Waals surface area contributed by atoms with Crippen LogP contribution in [0.3, 0.4) is 0 Å². The van der Waals surface area contributed by atoms with Crippen molar-refractivity contribution in [3.05, 3.63) is 27.3 Å². The van der Waals surface area contributed by atoms with Crippen LogP contribution in [-0.2, 0) is 9.53 Å². The number of carbonyl (C=O) groups excluding carboxylic acids is 1. The molecule has 7 heteroatoms. The molecule has 1 rings (SSSR count). The van der Waals surface area contributed by atoms with Gasteiger partial charge in [-0.15, -0.1) is 0 Å². The van der Waals surface area contributed by atoms with Gasteiger partial charge in [-0.05, 0) is 61.1 Å². The number of ether oxygens (including phenoxy) is 1. The van der Waals surface area contributed by atoms with Crippen molar-refractivity contribution < 1.29 is 24.5 Å². The number of halogens is 1. The number of carbonyl (C=O) groups is 2. The van der Waals surface area contributed by atoms with Crippen LogP contribution < -0.4 is 0 Å². The molecule has 116 valence electrons. The fourth-order valence-electron chi connectivity index (χ4n) is 1.66. The SMILES string of the molecule is CN(C(=O)OC(C)(C)C)C(C(=O)O)c1ccc(O)c(I)c1. The molecule has 0 aliphatic heterocycles. The van der Waals surface area contributed by atoms with Crippen molar-refractivity contribution in [2.45, 2.75) is 32.4 Å². The molecule has 0 heterocycles. The Morgan fingerprint density at radius 1 is 1.33 bits per heavy atom. The number of carboxylic acid groups (broad SMARTS) is 1. The van der Waals surface area contributed by atoms with Crippen LogP contribution in [0.2, 0.25) is 0 Å². The van der Waals surface area contributed by atoms with Crippen molar-refractivity contribution in [2.24, 2.45) is 0 Å². The van der Waals surface area contributed by atoms with E-state index in [1.54, 1.807) is 20.8 Å². The third-order valence-corrected chi connectivity index (χ3v) is 3.45. The molecule has 6 nitrogen and oxygen atoms in total. The van der Waals surface area contributed by atoms with Crippen LogP contribution in [0, 0.1) is 3.57 Å². The Kier molecular flexibility index (Phi) is 5.43. The zero-order valence-electron chi connectivity index (χ0n) is 12.3. The predicted molar refractivity (Wildman–Crippen MR) is 85.2 cm³/mol. The Morgan fingerprint density at radius 2 is 1.90 bits per heavy atom. The molecular formula is C14H18INO5. The molecule has 0 fully saturated rings. The van der Waals surface area contributed by atoms with Crippen LogP contribution in [0.25, 0.3) is 0 Å². The normalized spacial score (nSPS) is 12.6. The summed E-state index contributed by atoms with van der Waals surface area (Å²) < 4.78 is 5.69. The molecule has 0 bridgehead atoms. The van der Waals surface area contributed by atoms with Gasteiger partial charge in [-0.1, -0.05) is 6.07 Å². The molecule has 0 spiro atoms. The van der Waals surface area contributed by atoms with Crippen LogP contribution in [-0.4, -0.2) is 39.8 Å². The van der Waals surface area contributed by atoms with Gasteiger partial charge < -0.3 is 14.9 Å². The first-order valence-corrected chi connectivity index (χ1v) is 7.28. The molecule has 0 saturated carbocycles. The number of nitrogens with zero attached hydrogens (tertiary/aromatic N) is 1. The van der Waals surface area contributed by atoms with E-state index in [-0.39, 0.29) is 5.75 Å². The van der Waals surface area contributed by atoms with Gasteiger partial charge in [0.2, 0.25) is 0 Å². The molecule has 0 radical (unpaired) electrons. The maximum atomic E-state index is 12.0. The van der Waals surface area contributed by atoms with Crippen molar-refractivity contribution in [2.75, 3.05) is 7.05 Å². The molecule has 0 aliphatic rings. The third kappa shape index (κ3) is 4.76. The lowest BCUT2D eigenvalue weighted by atomic mass is 10.1. The van der Waals surface area contributed by atoms with Crippen LogP contribution in [0.5, 0.6) is 5.75 Å². The number of aromatic hydroxyl groups is 1. The quantitative estimate of drug-likeness (QED) is 0.753. The molecule has 0 aliphatic carbocycles. The van der Waals surface area contributed by atoms with Gasteiger partial charge in [-0.3, -0.25) is 4.90 Å². The smallest absolute Gasteiger partial charge is 0.411 e. The number of carboxylic acids is 1. The van der Waals surface area contributed by atoms with Crippen LogP contribution in [0.15, 0.2) is 18.2 Å². The largest absolute Gasteiger partial charge is 0.507 e. The number of aliphatic carboxylic acids is 1. The topological polar surface area (TPSA) is 87.1 Å². The summed E-state index contributed by atoms with van der Waals surface area (Å²) in [7, 11) is 1.37.